The molecule has 0 aliphatic rings. The molecule has 2 rings (SSSR count). The normalized spacial score (nSPS) is 10.2. The maximum atomic E-state index is 13.1. The Labute approximate surface area is 96.8 Å². The van der Waals surface area contributed by atoms with E-state index in [0.717, 1.165) is 0 Å². The first-order valence-electron chi connectivity index (χ1n) is 4.93. The van der Waals surface area contributed by atoms with Crippen LogP contribution in [0.5, 0.6) is 0 Å². The van der Waals surface area contributed by atoms with E-state index in [-0.39, 0.29) is 11.6 Å². The van der Waals surface area contributed by atoms with Gasteiger partial charge in [-0.15, -0.1) is 0 Å². The predicted molar refractivity (Wildman–Crippen MR) is 62.1 cm³/mol. The van der Waals surface area contributed by atoms with Crippen molar-refractivity contribution in [1.82, 2.24) is 10.2 Å². The van der Waals surface area contributed by atoms with Crippen LogP contribution in [-0.2, 0) is 0 Å². The quantitative estimate of drug-likeness (QED) is 0.691. The molecule has 0 aliphatic carbocycles. The number of hydrogen-bond acceptors (Lipinski definition) is 3. The van der Waals surface area contributed by atoms with Gasteiger partial charge in [-0.2, -0.15) is 5.10 Å². The van der Waals surface area contributed by atoms with Crippen LogP contribution < -0.4 is 11.1 Å². The zero-order valence-corrected chi connectivity index (χ0v) is 9.12. The van der Waals surface area contributed by atoms with E-state index in [9.17, 15) is 9.18 Å². The highest BCUT2D eigenvalue weighted by Crippen LogP contribution is 2.18. The Bertz CT molecular complexity index is 551. The highest BCUT2D eigenvalue weighted by atomic mass is 19.1. The molecule has 6 heteroatoms. The summed E-state index contributed by atoms with van der Waals surface area (Å²) in [6, 6.07) is 2.56. The number of rotatable bonds is 2. The zero-order chi connectivity index (χ0) is 12.4. The largest absolute Gasteiger partial charge is 0.396 e. The summed E-state index contributed by atoms with van der Waals surface area (Å²) in [6.07, 6.45) is 3.01. The van der Waals surface area contributed by atoms with Crippen molar-refractivity contribution in [3.05, 3.63) is 41.5 Å². The van der Waals surface area contributed by atoms with Gasteiger partial charge in [0.2, 0.25) is 0 Å². The van der Waals surface area contributed by atoms with E-state index >= 15 is 0 Å². The third kappa shape index (κ3) is 2.25. The number of nitrogens with one attached hydrogen (secondary N) is 2. The lowest BCUT2D eigenvalue weighted by atomic mass is 10.1. The van der Waals surface area contributed by atoms with E-state index in [1.54, 1.807) is 13.1 Å². The fourth-order valence-electron chi connectivity index (χ4n) is 1.45. The van der Waals surface area contributed by atoms with Gasteiger partial charge in [0.05, 0.1) is 17.6 Å². The van der Waals surface area contributed by atoms with Crippen molar-refractivity contribution in [2.24, 2.45) is 0 Å². The Kier molecular flexibility index (Phi) is 2.78. The van der Waals surface area contributed by atoms with Crippen molar-refractivity contribution >= 4 is 17.3 Å². The second-order valence-corrected chi connectivity index (χ2v) is 3.63. The lowest BCUT2D eigenvalue weighted by Crippen LogP contribution is -2.13. The van der Waals surface area contributed by atoms with Crippen molar-refractivity contribution in [2.75, 3.05) is 11.1 Å². The first kappa shape index (κ1) is 11.1. The SMILES string of the molecule is Cc1cc(F)c(N)cc1C(=O)Nc1cn[nH]c1. The number of aryl methyl sites for hydroxylation is 1. The van der Waals surface area contributed by atoms with Crippen molar-refractivity contribution in [1.29, 1.82) is 0 Å². The molecule has 0 fully saturated rings. The Morgan fingerprint density at radius 2 is 2.29 bits per heavy atom. The lowest BCUT2D eigenvalue weighted by Gasteiger charge is -2.07. The third-order valence-corrected chi connectivity index (χ3v) is 2.34. The molecule has 0 atom stereocenters. The Morgan fingerprint density at radius 1 is 1.53 bits per heavy atom. The van der Waals surface area contributed by atoms with E-state index in [4.69, 9.17) is 5.73 Å². The number of nitrogens with two attached hydrogens (primary N) is 1. The molecule has 1 aromatic carbocycles. The molecule has 0 saturated carbocycles. The van der Waals surface area contributed by atoms with Crippen LogP contribution in [0.4, 0.5) is 15.8 Å². The van der Waals surface area contributed by atoms with E-state index in [1.165, 1.54) is 18.3 Å². The van der Waals surface area contributed by atoms with Gasteiger partial charge in [-0.3, -0.25) is 9.89 Å². The second-order valence-electron chi connectivity index (χ2n) is 3.63. The third-order valence-electron chi connectivity index (χ3n) is 2.34. The molecule has 1 amide bonds. The smallest absolute Gasteiger partial charge is 0.256 e. The van der Waals surface area contributed by atoms with Crippen molar-refractivity contribution < 1.29 is 9.18 Å². The molecular formula is C11H11FN4O. The summed E-state index contributed by atoms with van der Waals surface area (Å²) in [4.78, 5) is 11.9. The molecule has 0 spiro atoms. The van der Waals surface area contributed by atoms with Crippen LogP contribution in [0.15, 0.2) is 24.5 Å². The van der Waals surface area contributed by atoms with Crippen LogP contribution >= 0.6 is 0 Å². The fourth-order valence-corrected chi connectivity index (χ4v) is 1.45. The van der Waals surface area contributed by atoms with Crippen molar-refractivity contribution in [3.8, 4) is 0 Å². The highest BCUT2D eigenvalue weighted by Gasteiger charge is 2.12. The van der Waals surface area contributed by atoms with Crippen molar-refractivity contribution in [2.45, 2.75) is 6.92 Å². The summed E-state index contributed by atoms with van der Waals surface area (Å²) in [7, 11) is 0. The Morgan fingerprint density at radius 3 is 2.94 bits per heavy atom. The van der Waals surface area contributed by atoms with E-state index in [0.29, 0.717) is 16.8 Å². The van der Waals surface area contributed by atoms with Gasteiger partial charge < -0.3 is 11.1 Å². The predicted octanol–water partition coefficient (Wildman–Crippen LogP) is 1.69. The second kappa shape index (κ2) is 4.25. The molecule has 0 aliphatic heterocycles. The van der Waals surface area contributed by atoms with Crippen LogP contribution in [0.3, 0.4) is 0 Å². The van der Waals surface area contributed by atoms with Gasteiger partial charge in [0.25, 0.3) is 5.91 Å². The van der Waals surface area contributed by atoms with Crippen molar-refractivity contribution in [3.63, 3.8) is 0 Å². The average Bonchev–Trinajstić information content (AvgIpc) is 2.76. The van der Waals surface area contributed by atoms with Gasteiger partial charge in [-0.1, -0.05) is 0 Å². The number of nitrogen functional groups attached to an aromatic ring is 1. The number of nitrogens with zero attached hydrogens (tertiary/aromatic N) is 1. The number of aromatic amines is 1. The van der Waals surface area contributed by atoms with Gasteiger partial charge >= 0.3 is 0 Å². The number of H-pyrrole nitrogens is 1. The van der Waals surface area contributed by atoms with Crippen LogP contribution in [0, 0.1) is 12.7 Å². The maximum Gasteiger partial charge on any atom is 0.256 e. The molecular weight excluding hydrogens is 223 g/mol. The molecule has 0 unspecified atom stereocenters. The Balaban J connectivity index is 2.28. The lowest BCUT2D eigenvalue weighted by molar-refractivity contribution is 0.102. The van der Waals surface area contributed by atoms with Gasteiger partial charge in [0, 0.05) is 11.8 Å². The average molecular weight is 234 g/mol. The fraction of sp³-hybridized carbons (Fsp3) is 0.0909. The number of benzene rings is 1. The van der Waals surface area contributed by atoms with Gasteiger partial charge in [0.15, 0.2) is 0 Å². The van der Waals surface area contributed by atoms with Gasteiger partial charge in [-0.05, 0) is 24.6 Å². The van der Waals surface area contributed by atoms with Crippen LogP contribution in [0.2, 0.25) is 0 Å². The first-order chi connectivity index (χ1) is 8.08. The summed E-state index contributed by atoms with van der Waals surface area (Å²) >= 11 is 0. The number of amides is 1. The zero-order valence-electron chi connectivity index (χ0n) is 9.12. The number of carbonyl (C=O) groups excluding carboxylic acids is 1. The molecule has 17 heavy (non-hydrogen) atoms. The van der Waals surface area contributed by atoms with Gasteiger partial charge in [0.1, 0.15) is 5.82 Å². The number of anilines is 2. The van der Waals surface area contributed by atoms with Crippen LogP contribution in [0.1, 0.15) is 15.9 Å². The minimum atomic E-state index is -0.526. The van der Waals surface area contributed by atoms with Gasteiger partial charge in [-0.25, -0.2) is 4.39 Å². The molecule has 88 valence electrons. The molecule has 1 aromatic heterocycles. The molecule has 2 aromatic rings. The topological polar surface area (TPSA) is 83.8 Å². The molecule has 0 saturated heterocycles. The summed E-state index contributed by atoms with van der Waals surface area (Å²) in [5.74, 6) is -0.877. The first-order valence-corrected chi connectivity index (χ1v) is 4.93. The van der Waals surface area contributed by atoms with E-state index < -0.39 is 5.82 Å². The minimum absolute atomic E-state index is 0.0482. The highest BCUT2D eigenvalue weighted by molar-refractivity contribution is 6.05. The summed E-state index contributed by atoms with van der Waals surface area (Å²) in [5.41, 5.74) is 6.78. The monoisotopic (exact) mass is 234 g/mol. The standard InChI is InChI=1S/C11H11FN4O/c1-6-2-9(12)10(13)3-8(6)11(17)16-7-4-14-15-5-7/h2-5H,13H2,1H3,(H,14,15)(H,16,17). The van der Waals surface area contributed by atoms with Crippen LogP contribution in [-0.4, -0.2) is 16.1 Å². The summed E-state index contributed by atoms with van der Waals surface area (Å²) < 4.78 is 13.1. The molecule has 5 nitrogen and oxygen atoms in total. The van der Waals surface area contributed by atoms with E-state index in [2.05, 4.69) is 15.5 Å². The maximum absolute atomic E-state index is 13.1. The number of aromatic nitrogens is 2. The molecule has 0 bridgehead atoms. The summed E-state index contributed by atoms with van der Waals surface area (Å²) in [5, 5.41) is 8.89. The number of carbonyl (C=O) groups is 1. The summed E-state index contributed by atoms with van der Waals surface area (Å²) in [6.45, 7) is 1.65. The van der Waals surface area contributed by atoms with E-state index in [1.807, 2.05) is 0 Å². The molecule has 4 N–H and O–H groups in total. The minimum Gasteiger partial charge on any atom is -0.396 e. The Hall–Kier alpha value is -2.37. The van der Waals surface area contributed by atoms with Crippen LogP contribution in [0.25, 0.3) is 0 Å². The number of halogens is 1. The molecule has 1 heterocycles. The molecule has 0 radical (unpaired) electrons. The number of hydrogen-bond donors (Lipinski definition) is 3.